The molecule has 0 amide bonds. The van der Waals surface area contributed by atoms with E-state index in [1.54, 1.807) is 0 Å². The highest BCUT2D eigenvalue weighted by atomic mass is 35.5. The highest BCUT2D eigenvalue weighted by molar-refractivity contribution is 7.89. The number of piperidine rings is 1. The van der Waals surface area contributed by atoms with Crippen molar-refractivity contribution in [1.82, 2.24) is 9.62 Å². The van der Waals surface area contributed by atoms with Gasteiger partial charge in [-0.05, 0) is 38.1 Å². The normalized spacial score (nSPS) is 18.9. The Hall–Kier alpha value is -0.930. The van der Waals surface area contributed by atoms with Gasteiger partial charge < -0.3 is 14.8 Å². The van der Waals surface area contributed by atoms with Gasteiger partial charge in [-0.15, -0.1) is 12.4 Å². The number of hydrogen-bond acceptors (Lipinski definition) is 5. The van der Waals surface area contributed by atoms with Crippen molar-refractivity contribution in [2.24, 2.45) is 0 Å². The maximum atomic E-state index is 13.6. The molecular weight excluding hydrogens is 359 g/mol. The van der Waals surface area contributed by atoms with Gasteiger partial charge in [0.1, 0.15) is 23.1 Å². The molecule has 9 heteroatoms. The van der Waals surface area contributed by atoms with E-state index < -0.39 is 15.8 Å². The number of likely N-dealkylation sites (N-methyl/N-ethyl adjacent to an activating group) is 1. The van der Waals surface area contributed by atoms with Gasteiger partial charge in [0.2, 0.25) is 10.0 Å². The summed E-state index contributed by atoms with van der Waals surface area (Å²) in [5.74, 6) is -0.458. The SMILES string of the molecule is CNC1CCCN(S(=O)(=O)c2cc(F)ccc2OCCOC)C1.Cl. The van der Waals surface area contributed by atoms with E-state index in [9.17, 15) is 12.8 Å². The largest absolute Gasteiger partial charge is 0.490 e. The van der Waals surface area contributed by atoms with E-state index in [1.165, 1.54) is 23.5 Å². The van der Waals surface area contributed by atoms with Crippen LogP contribution in [-0.2, 0) is 14.8 Å². The molecule has 1 N–H and O–H groups in total. The number of nitrogens with zero attached hydrogens (tertiary/aromatic N) is 1. The summed E-state index contributed by atoms with van der Waals surface area (Å²) in [7, 11) is -0.475. The topological polar surface area (TPSA) is 67.9 Å². The fourth-order valence-electron chi connectivity index (χ4n) is 2.57. The van der Waals surface area contributed by atoms with Crippen LogP contribution >= 0.6 is 12.4 Å². The van der Waals surface area contributed by atoms with Crippen LogP contribution in [0.1, 0.15) is 12.8 Å². The number of sulfonamides is 1. The van der Waals surface area contributed by atoms with Gasteiger partial charge >= 0.3 is 0 Å². The second kappa shape index (κ2) is 9.53. The third kappa shape index (κ3) is 5.03. The van der Waals surface area contributed by atoms with Crippen LogP contribution in [0, 0.1) is 5.82 Å². The van der Waals surface area contributed by atoms with E-state index in [-0.39, 0.29) is 35.7 Å². The van der Waals surface area contributed by atoms with Crippen LogP contribution in [0.25, 0.3) is 0 Å². The van der Waals surface area contributed by atoms with Crippen LogP contribution in [0.3, 0.4) is 0 Å². The van der Waals surface area contributed by atoms with Gasteiger partial charge in [0.25, 0.3) is 0 Å². The van der Waals surface area contributed by atoms with E-state index in [2.05, 4.69) is 5.32 Å². The molecule has 1 aliphatic heterocycles. The Morgan fingerprint density at radius 1 is 1.38 bits per heavy atom. The molecule has 1 atom stereocenters. The molecule has 138 valence electrons. The fourth-order valence-corrected chi connectivity index (χ4v) is 4.24. The Balaban J connectivity index is 0.00000288. The molecule has 1 aliphatic rings. The molecule has 6 nitrogen and oxygen atoms in total. The predicted octanol–water partition coefficient (Wildman–Crippen LogP) is 1.65. The molecule has 2 rings (SSSR count). The standard InChI is InChI=1S/C15H23FN2O4S.ClH/c1-17-13-4-3-7-18(11-13)23(19,20)15-10-12(16)5-6-14(15)22-9-8-21-2;/h5-6,10,13,17H,3-4,7-9,11H2,1-2H3;1H. The zero-order valence-corrected chi connectivity index (χ0v) is 15.5. The summed E-state index contributed by atoms with van der Waals surface area (Å²) in [5.41, 5.74) is 0. The van der Waals surface area contributed by atoms with Crippen molar-refractivity contribution in [2.45, 2.75) is 23.8 Å². The quantitative estimate of drug-likeness (QED) is 0.726. The number of benzene rings is 1. The molecule has 0 saturated carbocycles. The summed E-state index contributed by atoms with van der Waals surface area (Å²) in [6, 6.07) is 3.65. The lowest BCUT2D eigenvalue weighted by atomic mass is 10.1. The average Bonchev–Trinajstić information content (AvgIpc) is 2.56. The van der Waals surface area contributed by atoms with Crippen LogP contribution in [0.2, 0.25) is 0 Å². The van der Waals surface area contributed by atoms with Crippen LogP contribution < -0.4 is 10.1 Å². The van der Waals surface area contributed by atoms with Gasteiger partial charge in [-0.1, -0.05) is 0 Å². The van der Waals surface area contributed by atoms with Crippen molar-refractivity contribution in [3.8, 4) is 5.75 Å². The van der Waals surface area contributed by atoms with E-state index in [0.29, 0.717) is 19.7 Å². The number of halogens is 2. The average molecular weight is 383 g/mol. The van der Waals surface area contributed by atoms with Gasteiger partial charge in [-0.25, -0.2) is 12.8 Å². The van der Waals surface area contributed by atoms with E-state index in [4.69, 9.17) is 9.47 Å². The summed E-state index contributed by atoms with van der Waals surface area (Å²) in [4.78, 5) is -0.134. The molecule has 1 unspecified atom stereocenters. The molecule has 0 radical (unpaired) electrons. The molecular formula is C15H24ClFN2O4S. The van der Waals surface area contributed by atoms with Crippen LogP contribution in [0.15, 0.2) is 23.1 Å². The number of nitrogens with one attached hydrogen (secondary N) is 1. The number of hydrogen-bond donors (Lipinski definition) is 1. The Morgan fingerprint density at radius 3 is 2.79 bits per heavy atom. The Labute approximate surface area is 148 Å². The maximum absolute atomic E-state index is 13.6. The smallest absolute Gasteiger partial charge is 0.246 e. The summed E-state index contributed by atoms with van der Waals surface area (Å²) < 4.78 is 51.1. The summed E-state index contributed by atoms with van der Waals surface area (Å²) >= 11 is 0. The highest BCUT2D eigenvalue weighted by Crippen LogP contribution is 2.29. The third-order valence-corrected chi connectivity index (χ3v) is 5.75. The zero-order chi connectivity index (χ0) is 16.9. The Bertz CT molecular complexity index is 630. The second-order valence-corrected chi connectivity index (χ2v) is 7.33. The minimum absolute atomic E-state index is 0. The molecule has 1 fully saturated rings. The number of methoxy groups -OCH3 is 1. The minimum Gasteiger partial charge on any atom is -0.490 e. The Morgan fingerprint density at radius 2 is 2.12 bits per heavy atom. The molecule has 0 aromatic heterocycles. The molecule has 1 heterocycles. The van der Waals surface area contributed by atoms with Crippen molar-refractivity contribution < 1.29 is 22.3 Å². The first kappa shape index (κ1) is 21.1. The van der Waals surface area contributed by atoms with Gasteiger partial charge in [-0.3, -0.25) is 0 Å². The van der Waals surface area contributed by atoms with Crippen molar-refractivity contribution in [2.75, 3.05) is 40.5 Å². The first-order chi connectivity index (χ1) is 11.0. The summed E-state index contributed by atoms with van der Waals surface area (Å²) in [6.07, 6.45) is 1.68. The molecule has 0 bridgehead atoms. The van der Waals surface area contributed by atoms with Gasteiger partial charge in [-0.2, -0.15) is 4.31 Å². The lowest BCUT2D eigenvalue weighted by Gasteiger charge is -2.32. The van der Waals surface area contributed by atoms with Crippen molar-refractivity contribution in [3.63, 3.8) is 0 Å². The van der Waals surface area contributed by atoms with E-state index in [0.717, 1.165) is 18.9 Å². The lowest BCUT2D eigenvalue weighted by Crippen LogP contribution is -2.46. The first-order valence-corrected chi connectivity index (χ1v) is 9.01. The number of ether oxygens (including phenoxy) is 2. The Kier molecular flexibility index (Phi) is 8.38. The summed E-state index contributed by atoms with van der Waals surface area (Å²) in [6.45, 7) is 1.31. The van der Waals surface area contributed by atoms with E-state index in [1.807, 2.05) is 7.05 Å². The van der Waals surface area contributed by atoms with Gasteiger partial charge in [0.05, 0.1) is 6.61 Å². The monoisotopic (exact) mass is 382 g/mol. The van der Waals surface area contributed by atoms with Gasteiger partial charge in [0.15, 0.2) is 0 Å². The first-order valence-electron chi connectivity index (χ1n) is 7.57. The molecule has 24 heavy (non-hydrogen) atoms. The highest BCUT2D eigenvalue weighted by Gasteiger charge is 2.32. The van der Waals surface area contributed by atoms with Crippen LogP contribution in [0.4, 0.5) is 4.39 Å². The van der Waals surface area contributed by atoms with Crippen molar-refractivity contribution in [3.05, 3.63) is 24.0 Å². The van der Waals surface area contributed by atoms with Crippen LogP contribution in [0.5, 0.6) is 5.75 Å². The maximum Gasteiger partial charge on any atom is 0.246 e. The summed E-state index contributed by atoms with van der Waals surface area (Å²) in [5, 5.41) is 3.10. The minimum atomic E-state index is -3.81. The second-order valence-electron chi connectivity index (χ2n) is 5.42. The molecule has 1 aromatic rings. The lowest BCUT2D eigenvalue weighted by molar-refractivity contribution is 0.144. The molecule has 1 saturated heterocycles. The van der Waals surface area contributed by atoms with Crippen LogP contribution in [-0.4, -0.2) is 59.2 Å². The fraction of sp³-hybridized carbons (Fsp3) is 0.600. The van der Waals surface area contributed by atoms with Crippen molar-refractivity contribution >= 4 is 22.4 Å². The number of rotatable bonds is 7. The third-order valence-electron chi connectivity index (χ3n) is 3.86. The zero-order valence-electron chi connectivity index (χ0n) is 13.8. The van der Waals surface area contributed by atoms with Gasteiger partial charge in [0, 0.05) is 26.2 Å². The molecule has 0 spiro atoms. The predicted molar refractivity (Wildman–Crippen MR) is 91.9 cm³/mol. The van der Waals surface area contributed by atoms with Crippen molar-refractivity contribution in [1.29, 1.82) is 0 Å². The van der Waals surface area contributed by atoms with E-state index >= 15 is 0 Å². The molecule has 1 aromatic carbocycles. The molecule has 0 aliphatic carbocycles.